The Kier molecular flexibility index (Phi) is 7.95. The van der Waals surface area contributed by atoms with Crippen LogP contribution in [0, 0.1) is 5.92 Å². The van der Waals surface area contributed by atoms with Gasteiger partial charge in [0.2, 0.25) is 10.0 Å². The maximum atomic E-state index is 13.2. The highest BCUT2D eigenvalue weighted by atomic mass is 35.5. The number of amides is 1. The van der Waals surface area contributed by atoms with E-state index in [0.29, 0.717) is 23.7 Å². The molecule has 2 heterocycles. The largest absolute Gasteiger partial charge is 0.489 e. The molecule has 3 rings (SSSR count). The summed E-state index contributed by atoms with van der Waals surface area (Å²) in [5.41, 5.74) is 1.05. The van der Waals surface area contributed by atoms with Crippen molar-refractivity contribution < 1.29 is 17.9 Å². The van der Waals surface area contributed by atoms with Gasteiger partial charge < -0.3 is 15.4 Å². The molecule has 3 N–H and O–H groups in total. The second kappa shape index (κ2) is 9.64. The standard InChI is InChI=1S/C20H31N3O4S.ClH/c1-12(2)8-18(17-6-5-7-22-17)23-20(24)16-11-15(28(25,26)21-4)10-14-9-13(3)27-19(14)16;/h10-13,17-18,21-22H,5-9H2,1-4H3,(H,23,24);1H. The van der Waals surface area contributed by atoms with Crippen LogP contribution in [0.5, 0.6) is 5.75 Å². The first kappa shape index (κ1) is 23.9. The number of nitrogens with one attached hydrogen (secondary N) is 3. The number of sulfonamides is 1. The van der Waals surface area contributed by atoms with Gasteiger partial charge in [0.15, 0.2) is 0 Å². The Balaban J connectivity index is 0.00000300. The van der Waals surface area contributed by atoms with Crippen LogP contribution in [0.1, 0.15) is 56.0 Å². The molecule has 0 radical (unpaired) electrons. The van der Waals surface area contributed by atoms with Gasteiger partial charge in [-0.15, -0.1) is 12.4 Å². The summed E-state index contributed by atoms with van der Waals surface area (Å²) in [7, 11) is -2.29. The van der Waals surface area contributed by atoms with E-state index in [1.165, 1.54) is 13.1 Å². The summed E-state index contributed by atoms with van der Waals surface area (Å²) in [6.07, 6.45) is 3.48. The van der Waals surface area contributed by atoms with Crippen molar-refractivity contribution in [1.29, 1.82) is 0 Å². The molecule has 1 aromatic rings. The van der Waals surface area contributed by atoms with Crippen molar-refractivity contribution in [2.45, 2.75) is 69.5 Å². The molecule has 3 unspecified atom stereocenters. The molecule has 29 heavy (non-hydrogen) atoms. The number of hydrogen-bond acceptors (Lipinski definition) is 5. The first-order valence-electron chi connectivity index (χ1n) is 10.0. The number of benzene rings is 1. The lowest BCUT2D eigenvalue weighted by molar-refractivity contribution is 0.0918. The molecule has 2 aliphatic heterocycles. The fourth-order valence-corrected chi connectivity index (χ4v) is 4.88. The lowest BCUT2D eigenvalue weighted by Crippen LogP contribution is -2.48. The zero-order valence-corrected chi connectivity index (χ0v) is 19.1. The molecule has 2 aliphatic rings. The van der Waals surface area contributed by atoms with Crippen LogP contribution in [0.15, 0.2) is 17.0 Å². The molecule has 0 aliphatic carbocycles. The van der Waals surface area contributed by atoms with Crippen LogP contribution in [0.3, 0.4) is 0 Å². The fraction of sp³-hybridized carbons (Fsp3) is 0.650. The fourth-order valence-electron chi connectivity index (χ4n) is 4.08. The predicted octanol–water partition coefficient (Wildman–Crippen LogP) is 2.24. The molecule has 1 fully saturated rings. The van der Waals surface area contributed by atoms with E-state index in [4.69, 9.17) is 4.74 Å². The van der Waals surface area contributed by atoms with Gasteiger partial charge in [0.05, 0.1) is 10.5 Å². The van der Waals surface area contributed by atoms with Crippen LogP contribution >= 0.6 is 12.4 Å². The molecular formula is C20H32ClN3O4S. The van der Waals surface area contributed by atoms with E-state index in [9.17, 15) is 13.2 Å². The molecule has 0 aromatic heterocycles. The van der Waals surface area contributed by atoms with Gasteiger partial charge in [-0.1, -0.05) is 13.8 Å². The van der Waals surface area contributed by atoms with Crippen molar-refractivity contribution in [2.24, 2.45) is 5.92 Å². The van der Waals surface area contributed by atoms with Crippen LogP contribution in [0.25, 0.3) is 0 Å². The zero-order chi connectivity index (χ0) is 20.5. The average Bonchev–Trinajstić information content (AvgIpc) is 3.28. The summed E-state index contributed by atoms with van der Waals surface area (Å²) in [4.78, 5) is 13.3. The summed E-state index contributed by atoms with van der Waals surface area (Å²) < 4.78 is 32.9. The van der Waals surface area contributed by atoms with Gasteiger partial charge in [-0.05, 0) is 63.4 Å². The lowest BCUT2D eigenvalue weighted by atomic mass is 9.95. The number of hydrogen-bond donors (Lipinski definition) is 3. The third kappa shape index (κ3) is 5.42. The van der Waals surface area contributed by atoms with Crippen LogP contribution in [-0.2, 0) is 16.4 Å². The molecule has 164 valence electrons. The van der Waals surface area contributed by atoms with E-state index < -0.39 is 10.0 Å². The van der Waals surface area contributed by atoms with E-state index in [1.54, 1.807) is 6.07 Å². The Morgan fingerprint density at radius 2 is 2.07 bits per heavy atom. The molecule has 9 heteroatoms. The van der Waals surface area contributed by atoms with Crippen molar-refractivity contribution in [2.75, 3.05) is 13.6 Å². The molecule has 0 bridgehead atoms. The molecule has 0 spiro atoms. The van der Waals surface area contributed by atoms with Crippen LogP contribution in [0.4, 0.5) is 0 Å². The van der Waals surface area contributed by atoms with Crippen molar-refractivity contribution in [3.05, 3.63) is 23.3 Å². The number of carbonyl (C=O) groups excluding carboxylic acids is 1. The second-order valence-electron chi connectivity index (χ2n) is 8.21. The number of fused-ring (bicyclic) bond motifs is 1. The zero-order valence-electron chi connectivity index (χ0n) is 17.4. The number of rotatable bonds is 7. The monoisotopic (exact) mass is 445 g/mol. The van der Waals surface area contributed by atoms with Crippen LogP contribution in [-0.4, -0.2) is 46.1 Å². The smallest absolute Gasteiger partial charge is 0.255 e. The van der Waals surface area contributed by atoms with Crippen LogP contribution < -0.4 is 20.1 Å². The highest BCUT2D eigenvalue weighted by Gasteiger charge is 2.32. The topological polar surface area (TPSA) is 96.5 Å². The first-order valence-corrected chi connectivity index (χ1v) is 11.5. The number of halogens is 1. The van der Waals surface area contributed by atoms with E-state index in [0.717, 1.165) is 31.4 Å². The summed E-state index contributed by atoms with van der Waals surface area (Å²) in [5, 5.41) is 6.62. The van der Waals surface area contributed by atoms with Gasteiger partial charge >= 0.3 is 0 Å². The minimum atomic E-state index is -3.65. The molecular weight excluding hydrogens is 414 g/mol. The first-order chi connectivity index (χ1) is 13.2. The van der Waals surface area contributed by atoms with Crippen molar-refractivity contribution in [3.8, 4) is 5.75 Å². The molecule has 3 atom stereocenters. The molecule has 0 saturated carbocycles. The minimum absolute atomic E-state index is 0. The Labute approximate surface area is 179 Å². The SMILES string of the molecule is CNS(=O)(=O)c1cc2c(c(C(=O)NC(CC(C)C)C3CCCN3)c1)OC(C)C2.Cl. The van der Waals surface area contributed by atoms with E-state index in [-0.39, 0.29) is 41.4 Å². The number of ether oxygens (including phenoxy) is 1. The Bertz CT molecular complexity index is 838. The maximum Gasteiger partial charge on any atom is 0.255 e. The predicted molar refractivity (Wildman–Crippen MR) is 115 cm³/mol. The Morgan fingerprint density at radius 1 is 1.34 bits per heavy atom. The second-order valence-corrected chi connectivity index (χ2v) is 10.1. The van der Waals surface area contributed by atoms with Crippen molar-refractivity contribution in [1.82, 2.24) is 15.4 Å². The normalized spacial score (nSPS) is 22.0. The lowest BCUT2D eigenvalue weighted by Gasteiger charge is -2.27. The van der Waals surface area contributed by atoms with Crippen molar-refractivity contribution in [3.63, 3.8) is 0 Å². The number of carbonyl (C=O) groups is 1. The van der Waals surface area contributed by atoms with Gasteiger partial charge in [-0.25, -0.2) is 13.1 Å². The van der Waals surface area contributed by atoms with Gasteiger partial charge in [0.1, 0.15) is 11.9 Å². The Hall–Kier alpha value is -1.35. The summed E-state index contributed by atoms with van der Waals surface area (Å²) in [6.45, 7) is 7.15. The summed E-state index contributed by atoms with van der Waals surface area (Å²) >= 11 is 0. The molecule has 7 nitrogen and oxygen atoms in total. The maximum absolute atomic E-state index is 13.2. The third-order valence-electron chi connectivity index (χ3n) is 5.42. The van der Waals surface area contributed by atoms with E-state index in [2.05, 4.69) is 29.2 Å². The summed E-state index contributed by atoms with van der Waals surface area (Å²) in [5.74, 6) is 0.659. The average molecular weight is 446 g/mol. The van der Waals surface area contributed by atoms with Gasteiger partial charge in [0.25, 0.3) is 5.91 Å². The van der Waals surface area contributed by atoms with Gasteiger partial charge in [-0.2, -0.15) is 0 Å². The third-order valence-corrected chi connectivity index (χ3v) is 6.81. The van der Waals surface area contributed by atoms with Gasteiger partial charge in [-0.3, -0.25) is 4.79 Å². The van der Waals surface area contributed by atoms with Crippen molar-refractivity contribution >= 4 is 28.3 Å². The van der Waals surface area contributed by atoms with E-state index in [1.807, 2.05) is 6.92 Å². The highest BCUT2D eigenvalue weighted by Crippen LogP contribution is 2.35. The molecule has 1 saturated heterocycles. The van der Waals surface area contributed by atoms with Crippen LogP contribution in [0.2, 0.25) is 0 Å². The summed E-state index contributed by atoms with van der Waals surface area (Å²) in [6, 6.07) is 3.26. The highest BCUT2D eigenvalue weighted by molar-refractivity contribution is 7.89. The van der Waals surface area contributed by atoms with Gasteiger partial charge in [0, 0.05) is 18.5 Å². The quantitative estimate of drug-likeness (QED) is 0.598. The Morgan fingerprint density at radius 3 is 2.66 bits per heavy atom. The molecule has 1 amide bonds. The molecule has 1 aromatic carbocycles. The minimum Gasteiger partial charge on any atom is -0.489 e. The van der Waals surface area contributed by atoms with E-state index >= 15 is 0 Å².